The summed E-state index contributed by atoms with van der Waals surface area (Å²) in [5.41, 5.74) is 10.4. The summed E-state index contributed by atoms with van der Waals surface area (Å²) in [6, 6.07) is 14.4. The molecule has 0 saturated carbocycles. The molecule has 1 unspecified atom stereocenters. The molecule has 0 spiro atoms. The number of nitrogens with one attached hydrogen (secondary N) is 1. The number of aromatic nitrogens is 1. The van der Waals surface area contributed by atoms with Crippen LogP contribution in [0.5, 0.6) is 0 Å². The average molecular weight is 387 g/mol. The van der Waals surface area contributed by atoms with E-state index in [9.17, 15) is 9.59 Å². The summed E-state index contributed by atoms with van der Waals surface area (Å²) in [5.74, 6) is 3.46. The molecule has 0 radical (unpaired) electrons. The molecule has 0 aliphatic carbocycles. The van der Waals surface area contributed by atoms with Crippen LogP contribution >= 0.6 is 0 Å². The second kappa shape index (κ2) is 7.82. The second-order valence-corrected chi connectivity index (χ2v) is 7.20. The van der Waals surface area contributed by atoms with Crippen molar-refractivity contribution in [3.05, 3.63) is 71.4 Å². The first-order valence-corrected chi connectivity index (χ1v) is 9.45. The number of hydrogen-bond donors (Lipinski definition) is 3. The van der Waals surface area contributed by atoms with Gasteiger partial charge in [0.25, 0.3) is 0 Å². The lowest BCUT2D eigenvalue weighted by atomic mass is 9.93. The zero-order chi connectivity index (χ0) is 20.4. The predicted molar refractivity (Wildman–Crippen MR) is 110 cm³/mol. The van der Waals surface area contributed by atoms with Crippen molar-refractivity contribution >= 4 is 22.8 Å². The number of rotatable bonds is 3. The molecule has 4 rings (SSSR count). The molecule has 146 valence electrons. The SMILES string of the molecule is N[C@@H](Cc1c[nH]c2ccccc12)C(=O)N1Cc2ccccc2CC1C#CC(=O)O. The van der Waals surface area contributed by atoms with Crippen molar-refractivity contribution in [2.45, 2.75) is 31.5 Å². The smallest absolute Gasteiger partial charge is 0.381 e. The van der Waals surface area contributed by atoms with E-state index in [1.165, 1.54) is 0 Å². The minimum atomic E-state index is -1.21. The van der Waals surface area contributed by atoms with Crippen molar-refractivity contribution in [2.24, 2.45) is 5.73 Å². The minimum Gasteiger partial charge on any atom is -0.472 e. The number of carboxylic acid groups (broad SMARTS) is 1. The first-order chi connectivity index (χ1) is 14.0. The Kier molecular flexibility index (Phi) is 5.07. The molecule has 1 amide bonds. The van der Waals surface area contributed by atoms with Crippen LogP contribution in [0.1, 0.15) is 16.7 Å². The average Bonchev–Trinajstić information content (AvgIpc) is 3.13. The summed E-state index contributed by atoms with van der Waals surface area (Å²) < 4.78 is 0. The summed E-state index contributed by atoms with van der Waals surface area (Å²) in [6.45, 7) is 0.371. The zero-order valence-corrected chi connectivity index (χ0v) is 15.8. The predicted octanol–water partition coefficient (Wildman–Crippen LogP) is 2.08. The number of carbonyl (C=O) groups is 2. The normalized spacial score (nSPS) is 16.6. The van der Waals surface area contributed by atoms with Crippen molar-refractivity contribution in [3.63, 3.8) is 0 Å². The Morgan fingerprint density at radius 2 is 1.90 bits per heavy atom. The van der Waals surface area contributed by atoms with Gasteiger partial charge in [-0.05, 0) is 29.2 Å². The number of H-pyrrole nitrogens is 1. The number of amides is 1. The van der Waals surface area contributed by atoms with Crippen LogP contribution in [0.2, 0.25) is 0 Å². The third-order valence-electron chi connectivity index (χ3n) is 5.31. The zero-order valence-electron chi connectivity index (χ0n) is 15.8. The van der Waals surface area contributed by atoms with Gasteiger partial charge in [0.05, 0.1) is 12.1 Å². The Morgan fingerprint density at radius 3 is 2.69 bits per heavy atom. The van der Waals surface area contributed by atoms with E-state index in [2.05, 4.69) is 16.8 Å². The molecule has 0 fully saturated rings. The number of carboxylic acids is 1. The number of aromatic amines is 1. The van der Waals surface area contributed by atoms with E-state index in [0.29, 0.717) is 19.4 Å². The maximum absolute atomic E-state index is 13.2. The number of carbonyl (C=O) groups excluding carboxylic acids is 1. The Bertz CT molecular complexity index is 1140. The van der Waals surface area contributed by atoms with Gasteiger partial charge in [-0.1, -0.05) is 48.4 Å². The summed E-state index contributed by atoms with van der Waals surface area (Å²) in [4.78, 5) is 28.9. The number of nitrogens with two attached hydrogens (primary N) is 1. The molecule has 2 atom stereocenters. The highest BCUT2D eigenvalue weighted by Gasteiger charge is 2.31. The van der Waals surface area contributed by atoms with Crippen LogP contribution in [0, 0.1) is 11.8 Å². The summed E-state index contributed by atoms with van der Waals surface area (Å²) in [7, 11) is 0. The van der Waals surface area contributed by atoms with Gasteiger partial charge in [-0.3, -0.25) is 4.79 Å². The molecule has 1 aromatic heterocycles. The molecule has 4 N–H and O–H groups in total. The Labute approximate surface area is 168 Å². The molecular formula is C23H21N3O3. The highest BCUT2D eigenvalue weighted by molar-refractivity contribution is 5.88. The highest BCUT2D eigenvalue weighted by Crippen LogP contribution is 2.25. The Balaban J connectivity index is 1.59. The van der Waals surface area contributed by atoms with Gasteiger partial charge in [0.1, 0.15) is 0 Å². The number of hydrogen-bond acceptors (Lipinski definition) is 3. The topological polar surface area (TPSA) is 99.4 Å². The lowest BCUT2D eigenvalue weighted by Crippen LogP contribution is -2.51. The quantitative estimate of drug-likeness (QED) is 0.599. The van der Waals surface area contributed by atoms with Gasteiger partial charge in [-0.15, -0.1) is 0 Å². The molecule has 6 nitrogen and oxygen atoms in total. The van der Waals surface area contributed by atoms with Crippen LogP contribution in [0.15, 0.2) is 54.7 Å². The number of benzene rings is 2. The third-order valence-corrected chi connectivity index (χ3v) is 5.31. The van der Waals surface area contributed by atoms with E-state index in [1.54, 1.807) is 4.90 Å². The van der Waals surface area contributed by atoms with Crippen molar-refractivity contribution < 1.29 is 14.7 Å². The number of para-hydroxylation sites is 1. The second-order valence-electron chi connectivity index (χ2n) is 7.20. The summed E-state index contributed by atoms with van der Waals surface area (Å²) in [5, 5.41) is 9.98. The molecule has 2 aromatic carbocycles. The first kappa shape index (κ1) is 18.8. The fourth-order valence-corrected chi connectivity index (χ4v) is 3.87. The Morgan fingerprint density at radius 1 is 1.17 bits per heavy atom. The monoisotopic (exact) mass is 387 g/mol. The third kappa shape index (κ3) is 3.86. The largest absolute Gasteiger partial charge is 0.472 e. The van der Waals surface area contributed by atoms with Crippen LogP contribution in [0.3, 0.4) is 0 Å². The highest BCUT2D eigenvalue weighted by atomic mass is 16.4. The molecule has 6 heteroatoms. The fourth-order valence-electron chi connectivity index (χ4n) is 3.87. The van der Waals surface area contributed by atoms with Crippen LogP contribution < -0.4 is 5.73 Å². The maximum atomic E-state index is 13.2. The summed E-state index contributed by atoms with van der Waals surface area (Å²) >= 11 is 0. The van der Waals surface area contributed by atoms with E-state index in [-0.39, 0.29) is 5.91 Å². The van der Waals surface area contributed by atoms with E-state index >= 15 is 0 Å². The van der Waals surface area contributed by atoms with E-state index in [0.717, 1.165) is 27.6 Å². The number of aliphatic carboxylic acids is 1. The van der Waals surface area contributed by atoms with Gasteiger partial charge in [0.2, 0.25) is 5.91 Å². The summed E-state index contributed by atoms with van der Waals surface area (Å²) in [6.07, 6.45) is 2.76. The van der Waals surface area contributed by atoms with Crippen LogP contribution in [0.4, 0.5) is 0 Å². The lowest BCUT2D eigenvalue weighted by Gasteiger charge is -2.35. The van der Waals surface area contributed by atoms with Gasteiger partial charge in [0, 0.05) is 36.0 Å². The lowest BCUT2D eigenvalue weighted by molar-refractivity contribution is -0.135. The van der Waals surface area contributed by atoms with E-state index in [4.69, 9.17) is 10.8 Å². The Hall–Kier alpha value is -3.56. The molecule has 3 aromatic rings. The number of nitrogens with zero attached hydrogens (tertiary/aromatic N) is 1. The molecule has 1 aliphatic rings. The van der Waals surface area contributed by atoms with E-state index < -0.39 is 18.1 Å². The van der Waals surface area contributed by atoms with Crippen LogP contribution in [-0.4, -0.2) is 39.0 Å². The molecule has 2 heterocycles. The van der Waals surface area contributed by atoms with Gasteiger partial charge in [-0.25, -0.2) is 4.79 Å². The molecule has 1 aliphatic heterocycles. The fraction of sp³-hybridized carbons (Fsp3) is 0.217. The van der Waals surface area contributed by atoms with Crippen molar-refractivity contribution in [2.75, 3.05) is 0 Å². The molecule has 29 heavy (non-hydrogen) atoms. The molecule has 0 saturated heterocycles. The van der Waals surface area contributed by atoms with Gasteiger partial charge >= 0.3 is 5.97 Å². The first-order valence-electron chi connectivity index (χ1n) is 9.45. The molecular weight excluding hydrogens is 366 g/mol. The van der Waals surface area contributed by atoms with Gasteiger partial charge in [0.15, 0.2) is 0 Å². The van der Waals surface area contributed by atoms with Crippen LogP contribution in [-0.2, 0) is 29.0 Å². The molecule has 0 bridgehead atoms. The minimum absolute atomic E-state index is 0.227. The van der Waals surface area contributed by atoms with Gasteiger partial charge in [-0.2, -0.15) is 0 Å². The standard InChI is InChI=1S/C23H21N3O3/c24-20(12-17-13-25-21-8-4-3-7-19(17)21)23(29)26-14-16-6-2-1-5-15(16)11-18(26)9-10-22(27)28/h1-8,13,18,20,25H,11-12,14,24H2,(H,27,28)/t18?,20-/m0/s1. The maximum Gasteiger partial charge on any atom is 0.381 e. The van der Waals surface area contributed by atoms with Crippen molar-refractivity contribution in [1.82, 2.24) is 9.88 Å². The van der Waals surface area contributed by atoms with E-state index in [1.807, 2.05) is 54.7 Å². The van der Waals surface area contributed by atoms with Crippen molar-refractivity contribution in [1.29, 1.82) is 0 Å². The van der Waals surface area contributed by atoms with Gasteiger partial charge < -0.3 is 20.7 Å². The van der Waals surface area contributed by atoms with Crippen LogP contribution in [0.25, 0.3) is 10.9 Å². The number of fused-ring (bicyclic) bond motifs is 2. The van der Waals surface area contributed by atoms with Crippen molar-refractivity contribution in [3.8, 4) is 11.8 Å².